The van der Waals surface area contributed by atoms with Gasteiger partial charge in [-0.15, -0.1) is 0 Å². The first-order valence-corrected chi connectivity index (χ1v) is 24.7. The molecule has 0 saturated heterocycles. The van der Waals surface area contributed by atoms with Crippen LogP contribution in [0.4, 0.5) is 0 Å². The number of aromatic hydroxyl groups is 1. The first-order valence-electron chi connectivity index (χ1n) is 24.7. The Labute approximate surface area is 390 Å². The van der Waals surface area contributed by atoms with Crippen molar-refractivity contribution in [1.29, 1.82) is 0 Å². The molecule has 0 amide bonds. The van der Waals surface area contributed by atoms with Crippen molar-refractivity contribution in [3.05, 3.63) is 87.0 Å². The van der Waals surface area contributed by atoms with Crippen LogP contribution in [0.25, 0.3) is 0 Å². The molecule has 0 radical (unpaired) electrons. The summed E-state index contributed by atoms with van der Waals surface area (Å²) in [5.74, 6) is 1.25. The van der Waals surface area contributed by atoms with Crippen LogP contribution in [0, 0.1) is 0 Å². The fraction of sp³-hybridized carbons (Fsp3) is 0.649. The number of hydrogen-bond acceptors (Lipinski definition) is 7. The van der Waals surface area contributed by atoms with Gasteiger partial charge in [-0.3, -0.25) is 4.99 Å². The number of rotatable bonds is 23. The molecule has 0 aliphatic carbocycles. The van der Waals surface area contributed by atoms with Crippen molar-refractivity contribution in [2.75, 3.05) is 20.3 Å². The molecule has 3 aromatic rings. The summed E-state index contributed by atoms with van der Waals surface area (Å²) in [6, 6.07) is 12.5. The van der Waals surface area contributed by atoms with Gasteiger partial charge in [-0.1, -0.05) is 168 Å². The monoisotopic (exact) mass is 884 g/mol. The Hall–Kier alpha value is -3.84. The summed E-state index contributed by atoms with van der Waals surface area (Å²) < 4.78 is 18.7. The molecule has 0 aliphatic heterocycles. The van der Waals surface area contributed by atoms with E-state index < -0.39 is 17.6 Å². The molecule has 64 heavy (non-hydrogen) atoms. The van der Waals surface area contributed by atoms with Gasteiger partial charge in [0.15, 0.2) is 0 Å². The smallest absolute Gasteiger partial charge is 0.337 e. The van der Waals surface area contributed by atoms with Crippen molar-refractivity contribution >= 4 is 12.2 Å². The van der Waals surface area contributed by atoms with Crippen molar-refractivity contribution < 1.29 is 29.2 Å². The molecule has 0 spiro atoms. The number of aliphatic imine (C=N–C) groups is 1. The van der Waals surface area contributed by atoms with Crippen molar-refractivity contribution in [2.24, 2.45) is 4.99 Å². The quantitative estimate of drug-likeness (QED) is 0.0559. The van der Waals surface area contributed by atoms with E-state index in [0.29, 0.717) is 30.8 Å². The van der Waals surface area contributed by atoms with E-state index in [2.05, 4.69) is 121 Å². The molecule has 3 aromatic carbocycles. The molecule has 2 N–H and O–H groups in total. The molecule has 0 heterocycles. The highest BCUT2D eigenvalue weighted by atomic mass is 16.5. The minimum absolute atomic E-state index is 0.0244. The number of esters is 1. The summed E-state index contributed by atoms with van der Waals surface area (Å²) in [7, 11) is 1.33. The number of nitrogens with zero attached hydrogens (tertiary/aromatic N) is 1. The summed E-state index contributed by atoms with van der Waals surface area (Å²) in [6.07, 6.45) is 16.2. The highest BCUT2D eigenvalue weighted by molar-refractivity contribution is 5.93. The van der Waals surface area contributed by atoms with Crippen LogP contribution in [-0.2, 0) is 32.0 Å². The van der Waals surface area contributed by atoms with Gasteiger partial charge in [0.2, 0.25) is 0 Å². The second-order valence-corrected chi connectivity index (χ2v) is 22.3. The van der Waals surface area contributed by atoms with E-state index in [1.54, 1.807) is 12.3 Å². The van der Waals surface area contributed by atoms with Gasteiger partial charge in [0.1, 0.15) is 22.8 Å². The van der Waals surface area contributed by atoms with E-state index in [4.69, 9.17) is 19.2 Å². The average Bonchev–Trinajstić information content (AvgIpc) is 3.21. The fourth-order valence-corrected chi connectivity index (χ4v) is 8.48. The first kappa shape index (κ1) is 54.5. The lowest BCUT2D eigenvalue weighted by Crippen LogP contribution is -2.41. The first-order chi connectivity index (χ1) is 29.9. The van der Waals surface area contributed by atoms with Crippen LogP contribution in [0.2, 0.25) is 0 Å². The second kappa shape index (κ2) is 23.6. The third-order valence-corrected chi connectivity index (χ3v) is 12.5. The Balaban J connectivity index is 2.47. The van der Waals surface area contributed by atoms with Gasteiger partial charge in [-0.05, 0) is 94.5 Å². The van der Waals surface area contributed by atoms with E-state index in [9.17, 15) is 15.0 Å². The molecular weight excluding hydrogens is 795 g/mol. The molecule has 7 nitrogen and oxygen atoms in total. The lowest BCUT2D eigenvalue weighted by Gasteiger charge is -2.40. The molecule has 0 fully saturated rings. The third kappa shape index (κ3) is 14.6. The molecule has 0 aliphatic rings. The van der Waals surface area contributed by atoms with Crippen LogP contribution in [0.1, 0.15) is 237 Å². The van der Waals surface area contributed by atoms with Gasteiger partial charge in [0.05, 0.1) is 31.9 Å². The maximum Gasteiger partial charge on any atom is 0.337 e. The van der Waals surface area contributed by atoms with Crippen molar-refractivity contribution in [2.45, 2.75) is 221 Å². The molecule has 0 saturated carbocycles. The summed E-state index contributed by atoms with van der Waals surface area (Å²) >= 11 is 0. The van der Waals surface area contributed by atoms with Gasteiger partial charge in [0.25, 0.3) is 0 Å². The fourth-order valence-electron chi connectivity index (χ4n) is 8.48. The number of phenolic OH excluding ortho intramolecular Hbond substituents is 1. The SMILES string of the molecule is CCCCCCCCOc1c(C(C)(C)C)cc(C(O)(c2cc(C(C)(C)C)c(OCCCCCCCC)c(C(C)(C)C)c2)C(CC)N=Cc2cc(C(=O)OC)ccc2O)cc1C(C)(C)C. The van der Waals surface area contributed by atoms with Crippen LogP contribution < -0.4 is 9.47 Å². The maximum absolute atomic E-state index is 14.2. The van der Waals surface area contributed by atoms with Crippen molar-refractivity contribution in [3.63, 3.8) is 0 Å². The van der Waals surface area contributed by atoms with Gasteiger partial charge in [0, 0.05) is 34.0 Å². The average molecular weight is 884 g/mol. The van der Waals surface area contributed by atoms with Gasteiger partial charge >= 0.3 is 5.97 Å². The lowest BCUT2D eigenvalue weighted by molar-refractivity contribution is 0.0506. The Bertz CT molecular complexity index is 1800. The van der Waals surface area contributed by atoms with E-state index in [-0.39, 0.29) is 27.4 Å². The zero-order valence-electron chi connectivity index (χ0n) is 43.3. The standard InChI is InChI=1S/C57H89NO6/c1-17-20-22-24-26-28-32-63-50-44(53(4,5)6)35-42(36-45(50)54(7,8)9)57(61,49(19-3)58-39-41-34-40(52(60)62-16)30-31-48(41)59)43-37-46(55(10,11)12)51(47(38-43)56(13,14)15)64-33-29-27-25-23-21-18-2/h30-31,34-39,49,59,61H,17-29,32-33H2,1-16H3. The van der Waals surface area contributed by atoms with E-state index >= 15 is 0 Å². The van der Waals surface area contributed by atoms with Crippen LogP contribution in [0.15, 0.2) is 47.5 Å². The summed E-state index contributed by atoms with van der Waals surface area (Å²) in [5.41, 5.74) is 3.25. The minimum atomic E-state index is -1.67. The van der Waals surface area contributed by atoms with Crippen molar-refractivity contribution in [1.82, 2.24) is 0 Å². The predicted molar refractivity (Wildman–Crippen MR) is 270 cm³/mol. The zero-order chi connectivity index (χ0) is 48.1. The molecule has 358 valence electrons. The second-order valence-electron chi connectivity index (χ2n) is 22.3. The number of ether oxygens (including phenoxy) is 3. The van der Waals surface area contributed by atoms with Crippen LogP contribution in [-0.4, -0.2) is 48.8 Å². The molecule has 1 atom stereocenters. The van der Waals surface area contributed by atoms with Crippen LogP contribution in [0.3, 0.4) is 0 Å². The summed E-state index contributed by atoms with van der Waals surface area (Å²) in [5, 5.41) is 25.2. The molecule has 3 rings (SSSR count). The molecular formula is C57H89NO6. The maximum atomic E-state index is 14.2. The Morgan fingerprint density at radius 3 is 1.31 bits per heavy atom. The number of benzene rings is 3. The highest BCUT2D eigenvalue weighted by Gasteiger charge is 2.44. The topological polar surface area (TPSA) is 97.6 Å². The number of hydrogen-bond donors (Lipinski definition) is 2. The number of aliphatic hydroxyl groups is 1. The molecule has 1 unspecified atom stereocenters. The number of unbranched alkanes of at least 4 members (excludes halogenated alkanes) is 10. The predicted octanol–water partition coefficient (Wildman–Crippen LogP) is 15.0. The summed E-state index contributed by atoms with van der Waals surface area (Å²) in [4.78, 5) is 17.7. The zero-order valence-corrected chi connectivity index (χ0v) is 43.3. The van der Waals surface area contributed by atoms with Gasteiger partial charge < -0.3 is 24.4 Å². The Kier molecular flexibility index (Phi) is 20.1. The normalized spacial score (nSPS) is 13.4. The largest absolute Gasteiger partial charge is 0.507 e. The van der Waals surface area contributed by atoms with Gasteiger partial charge in [-0.25, -0.2) is 4.79 Å². The number of carbonyl (C=O) groups excluding carboxylic acids is 1. The minimum Gasteiger partial charge on any atom is -0.507 e. The third-order valence-electron chi connectivity index (χ3n) is 12.5. The van der Waals surface area contributed by atoms with E-state index in [0.717, 1.165) is 70.6 Å². The Morgan fingerprint density at radius 1 is 0.594 bits per heavy atom. The van der Waals surface area contributed by atoms with Gasteiger partial charge in [-0.2, -0.15) is 0 Å². The number of carbonyl (C=O) groups is 1. The molecule has 7 heteroatoms. The summed E-state index contributed by atoms with van der Waals surface area (Å²) in [6.45, 7) is 34.4. The van der Waals surface area contributed by atoms with Crippen LogP contribution in [0.5, 0.6) is 17.2 Å². The van der Waals surface area contributed by atoms with Crippen molar-refractivity contribution in [3.8, 4) is 17.2 Å². The molecule has 0 aromatic heterocycles. The molecule has 0 bridgehead atoms. The number of methoxy groups -OCH3 is 1. The lowest BCUT2D eigenvalue weighted by atomic mass is 9.70. The Morgan fingerprint density at radius 2 is 0.969 bits per heavy atom. The van der Waals surface area contributed by atoms with E-state index in [1.807, 2.05) is 6.92 Å². The van der Waals surface area contributed by atoms with Crippen LogP contribution >= 0.6 is 0 Å². The highest BCUT2D eigenvalue weighted by Crippen LogP contribution is 2.49. The number of phenols is 1. The van der Waals surface area contributed by atoms with E-state index in [1.165, 1.54) is 70.6 Å².